The Hall–Kier alpha value is -4.24. The number of carbonyl (C=O) groups is 2. The molecule has 0 radical (unpaired) electrons. The van der Waals surface area contributed by atoms with Crippen LogP contribution in [0.5, 0.6) is 0 Å². The summed E-state index contributed by atoms with van der Waals surface area (Å²) >= 11 is 0. The number of allylic oxidation sites excluding steroid dienone is 1. The Morgan fingerprint density at radius 3 is 2.55 bits per heavy atom. The molecule has 2 amide bonds. The van der Waals surface area contributed by atoms with Gasteiger partial charge in [0.2, 0.25) is 5.91 Å². The maximum Gasteiger partial charge on any atom is 0.251 e. The second kappa shape index (κ2) is 12.3. The molecule has 1 aliphatic rings. The van der Waals surface area contributed by atoms with Gasteiger partial charge in [0.1, 0.15) is 18.1 Å². The van der Waals surface area contributed by atoms with Crippen LogP contribution in [-0.4, -0.2) is 42.6 Å². The zero-order valence-corrected chi connectivity index (χ0v) is 22.2. The van der Waals surface area contributed by atoms with Crippen molar-refractivity contribution in [2.75, 3.05) is 13.9 Å². The highest BCUT2D eigenvalue weighted by Crippen LogP contribution is 2.45. The Bertz CT molecular complexity index is 1450. The SMILES string of the molecule is COCO[C@@H]1CC1(C[C@H](C/C=C/c1ccccc1)C(=O)NO)NC(=O)c1ccc(-c2cc3ccccc3o2)cc1. The minimum atomic E-state index is -0.773. The first-order chi connectivity index (χ1) is 19.5. The number of rotatable bonds is 12. The lowest BCUT2D eigenvalue weighted by molar-refractivity contribution is -0.134. The fourth-order valence-corrected chi connectivity index (χ4v) is 4.99. The van der Waals surface area contributed by atoms with Gasteiger partial charge < -0.3 is 19.2 Å². The molecule has 206 valence electrons. The topological polar surface area (TPSA) is 110 Å². The fraction of sp³-hybridized carbons (Fsp3) is 0.250. The standard InChI is InChI=1S/C32H32N2O6/c1-38-21-39-29-20-32(29,19-26(31(36)34-37)12-7-10-22-8-3-2-4-9-22)33-30(35)24-16-14-23(15-17-24)28-18-25-11-5-6-13-27(25)40-28/h2-11,13-18,26,29,37H,12,19-21H2,1H3,(H,33,35)(H,34,36)/b10-7+/t26-,29+,32?/m0/s1. The van der Waals surface area contributed by atoms with Crippen LogP contribution in [0.15, 0.2) is 95.4 Å². The number of furan rings is 1. The van der Waals surface area contributed by atoms with E-state index in [1.165, 1.54) is 7.11 Å². The van der Waals surface area contributed by atoms with Crippen LogP contribution in [0.4, 0.5) is 0 Å². The molecule has 1 fully saturated rings. The van der Waals surface area contributed by atoms with Crippen molar-refractivity contribution in [1.82, 2.24) is 10.8 Å². The van der Waals surface area contributed by atoms with Crippen molar-refractivity contribution >= 4 is 28.9 Å². The van der Waals surface area contributed by atoms with Crippen molar-refractivity contribution in [3.8, 4) is 11.3 Å². The minimum Gasteiger partial charge on any atom is -0.456 e. The highest BCUT2D eigenvalue weighted by Gasteiger charge is 2.58. The summed E-state index contributed by atoms with van der Waals surface area (Å²) in [6, 6.07) is 26.7. The molecule has 1 aliphatic carbocycles. The van der Waals surface area contributed by atoms with Crippen LogP contribution in [0.3, 0.4) is 0 Å². The molecule has 8 heteroatoms. The van der Waals surface area contributed by atoms with Gasteiger partial charge in [-0.1, -0.05) is 72.8 Å². The average Bonchev–Trinajstić information content (AvgIpc) is 3.46. The number of amides is 2. The molecule has 3 atom stereocenters. The maximum atomic E-state index is 13.3. The molecule has 8 nitrogen and oxygen atoms in total. The van der Waals surface area contributed by atoms with Gasteiger partial charge in [-0.3, -0.25) is 14.8 Å². The molecule has 1 unspecified atom stereocenters. The zero-order chi connectivity index (χ0) is 28.0. The molecule has 0 saturated heterocycles. The summed E-state index contributed by atoms with van der Waals surface area (Å²) in [7, 11) is 1.53. The number of nitrogens with one attached hydrogen (secondary N) is 2. The molecular weight excluding hydrogens is 508 g/mol. The highest BCUT2D eigenvalue weighted by molar-refractivity contribution is 5.95. The third kappa shape index (κ3) is 6.31. The van der Waals surface area contributed by atoms with E-state index in [4.69, 9.17) is 13.9 Å². The first-order valence-electron chi connectivity index (χ1n) is 13.2. The van der Waals surface area contributed by atoms with E-state index in [-0.39, 0.29) is 25.2 Å². The van der Waals surface area contributed by atoms with Crippen LogP contribution in [0.2, 0.25) is 0 Å². The van der Waals surface area contributed by atoms with Crippen molar-refractivity contribution in [3.05, 3.63) is 102 Å². The van der Waals surface area contributed by atoms with Crippen LogP contribution < -0.4 is 10.8 Å². The van der Waals surface area contributed by atoms with Gasteiger partial charge in [-0.25, -0.2) is 5.48 Å². The van der Waals surface area contributed by atoms with Crippen LogP contribution in [0.1, 0.15) is 35.2 Å². The second-order valence-electron chi connectivity index (χ2n) is 10.0. The first-order valence-corrected chi connectivity index (χ1v) is 13.2. The number of methoxy groups -OCH3 is 1. The lowest BCUT2D eigenvalue weighted by Gasteiger charge is -2.24. The number of ether oxygens (including phenoxy) is 2. The first kappa shape index (κ1) is 27.3. The van der Waals surface area contributed by atoms with Crippen LogP contribution in [0.25, 0.3) is 28.4 Å². The van der Waals surface area contributed by atoms with Crippen molar-refractivity contribution in [2.45, 2.75) is 30.9 Å². The van der Waals surface area contributed by atoms with E-state index in [1.54, 1.807) is 17.6 Å². The Balaban J connectivity index is 1.30. The van der Waals surface area contributed by atoms with Crippen LogP contribution in [0, 0.1) is 5.92 Å². The lowest BCUT2D eigenvalue weighted by Crippen LogP contribution is -2.44. The monoisotopic (exact) mass is 540 g/mol. The summed E-state index contributed by atoms with van der Waals surface area (Å²) in [5, 5.41) is 13.5. The second-order valence-corrected chi connectivity index (χ2v) is 10.0. The van der Waals surface area contributed by atoms with E-state index in [0.717, 1.165) is 27.9 Å². The Morgan fingerprint density at radius 1 is 1.07 bits per heavy atom. The molecule has 1 aromatic heterocycles. The van der Waals surface area contributed by atoms with E-state index < -0.39 is 17.4 Å². The number of hydrogen-bond acceptors (Lipinski definition) is 6. The fourth-order valence-electron chi connectivity index (χ4n) is 4.99. The van der Waals surface area contributed by atoms with Gasteiger partial charge in [0, 0.05) is 36.0 Å². The van der Waals surface area contributed by atoms with Gasteiger partial charge in [0.05, 0.1) is 11.6 Å². The van der Waals surface area contributed by atoms with Crippen molar-refractivity contribution < 1.29 is 28.7 Å². The van der Waals surface area contributed by atoms with E-state index in [0.29, 0.717) is 18.4 Å². The summed E-state index contributed by atoms with van der Waals surface area (Å²) in [4.78, 5) is 25.9. The largest absolute Gasteiger partial charge is 0.456 e. The predicted octanol–water partition coefficient (Wildman–Crippen LogP) is 5.58. The molecule has 40 heavy (non-hydrogen) atoms. The van der Waals surface area contributed by atoms with E-state index in [1.807, 2.05) is 84.9 Å². The molecule has 3 aromatic carbocycles. The highest BCUT2D eigenvalue weighted by atomic mass is 16.7. The predicted molar refractivity (Wildman–Crippen MR) is 151 cm³/mol. The molecule has 0 aliphatic heterocycles. The summed E-state index contributed by atoms with van der Waals surface area (Å²) in [5.41, 5.74) is 4.15. The quantitative estimate of drug-likeness (QED) is 0.123. The summed E-state index contributed by atoms with van der Waals surface area (Å²) in [5.74, 6) is -0.653. The van der Waals surface area contributed by atoms with Crippen LogP contribution in [-0.2, 0) is 14.3 Å². The molecule has 5 rings (SSSR count). The summed E-state index contributed by atoms with van der Waals surface area (Å²) in [6.45, 7) is 0.0687. The minimum absolute atomic E-state index is 0.0687. The molecule has 0 spiro atoms. The number of para-hydroxylation sites is 1. The Kier molecular flexibility index (Phi) is 8.40. The number of carbonyl (C=O) groups excluding carboxylic acids is 2. The lowest BCUT2D eigenvalue weighted by atomic mass is 9.93. The number of fused-ring (bicyclic) bond motifs is 1. The molecule has 3 N–H and O–H groups in total. The van der Waals surface area contributed by atoms with E-state index in [2.05, 4.69) is 5.32 Å². The van der Waals surface area contributed by atoms with Crippen molar-refractivity contribution in [3.63, 3.8) is 0 Å². The normalized spacial score (nSPS) is 19.0. The van der Waals surface area contributed by atoms with Crippen molar-refractivity contribution in [2.24, 2.45) is 5.92 Å². The van der Waals surface area contributed by atoms with Gasteiger partial charge in [-0.2, -0.15) is 0 Å². The Labute approximate surface area is 232 Å². The molecular formula is C32H32N2O6. The van der Waals surface area contributed by atoms with Gasteiger partial charge in [0.15, 0.2) is 0 Å². The summed E-state index contributed by atoms with van der Waals surface area (Å²) in [6.07, 6.45) is 4.69. The van der Waals surface area contributed by atoms with Gasteiger partial charge in [0.25, 0.3) is 5.91 Å². The number of benzene rings is 3. The average molecular weight is 541 g/mol. The molecule has 1 heterocycles. The van der Waals surface area contributed by atoms with Crippen LogP contribution >= 0.6 is 0 Å². The summed E-state index contributed by atoms with van der Waals surface area (Å²) < 4.78 is 16.8. The molecule has 4 aromatic rings. The number of hydroxylamine groups is 1. The molecule has 0 bridgehead atoms. The Morgan fingerprint density at radius 2 is 1.82 bits per heavy atom. The van der Waals surface area contributed by atoms with E-state index in [9.17, 15) is 14.8 Å². The van der Waals surface area contributed by atoms with Gasteiger partial charge in [-0.15, -0.1) is 0 Å². The smallest absolute Gasteiger partial charge is 0.251 e. The van der Waals surface area contributed by atoms with Gasteiger partial charge >= 0.3 is 0 Å². The van der Waals surface area contributed by atoms with E-state index >= 15 is 0 Å². The zero-order valence-electron chi connectivity index (χ0n) is 22.2. The van der Waals surface area contributed by atoms with Crippen molar-refractivity contribution in [1.29, 1.82) is 0 Å². The number of hydrogen-bond donors (Lipinski definition) is 3. The molecule has 1 saturated carbocycles. The maximum absolute atomic E-state index is 13.3. The third-order valence-corrected chi connectivity index (χ3v) is 7.23. The third-order valence-electron chi connectivity index (χ3n) is 7.23. The van der Waals surface area contributed by atoms with Gasteiger partial charge in [-0.05, 0) is 42.7 Å².